The first-order chi connectivity index (χ1) is 11.1. The van der Waals surface area contributed by atoms with Crippen LogP contribution >= 0.6 is 0 Å². The average molecular weight is 312 g/mol. The van der Waals surface area contributed by atoms with E-state index in [1.54, 1.807) is 7.11 Å². The fourth-order valence-electron chi connectivity index (χ4n) is 2.43. The highest BCUT2D eigenvalue weighted by Gasteiger charge is 2.08. The van der Waals surface area contributed by atoms with Crippen LogP contribution in [0.25, 0.3) is 0 Å². The van der Waals surface area contributed by atoms with Crippen molar-refractivity contribution in [3.05, 3.63) is 54.1 Å². The van der Waals surface area contributed by atoms with Crippen LogP contribution in [0.4, 0.5) is 11.4 Å². The van der Waals surface area contributed by atoms with Gasteiger partial charge in [0.2, 0.25) is 5.91 Å². The molecule has 0 atom stereocenters. The first-order valence-corrected chi connectivity index (χ1v) is 7.88. The number of hydrogen-bond donors (Lipinski definition) is 1. The van der Waals surface area contributed by atoms with Gasteiger partial charge in [0.25, 0.3) is 0 Å². The Morgan fingerprint density at radius 3 is 2.52 bits per heavy atom. The molecule has 0 aromatic heterocycles. The van der Waals surface area contributed by atoms with Crippen LogP contribution in [0.1, 0.15) is 18.9 Å². The van der Waals surface area contributed by atoms with Gasteiger partial charge in [-0.05, 0) is 55.8 Å². The summed E-state index contributed by atoms with van der Waals surface area (Å²) in [5.74, 6) is 0.792. The van der Waals surface area contributed by atoms with Crippen molar-refractivity contribution in [3.63, 3.8) is 0 Å². The average Bonchev–Trinajstić information content (AvgIpc) is 2.56. The minimum absolute atomic E-state index is 0.0151. The topological polar surface area (TPSA) is 41.6 Å². The van der Waals surface area contributed by atoms with Crippen molar-refractivity contribution in [3.8, 4) is 5.75 Å². The lowest BCUT2D eigenvalue weighted by molar-refractivity contribution is -0.116. The first kappa shape index (κ1) is 16.9. The molecule has 4 heteroatoms. The highest BCUT2D eigenvalue weighted by atomic mass is 16.5. The largest absolute Gasteiger partial charge is 0.497 e. The Balaban J connectivity index is 1.89. The van der Waals surface area contributed by atoms with E-state index >= 15 is 0 Å². The summed E-state index contributed by atoms with van der Waals surface area (Å²) in [6, 6.07) is 15.7. The van der Waals surface area contributed by atoms with Crippen molar-refractivity contribution in [2.24, 2.45) is 0 Å². The molecule has 0 spiro atoms. The van der Waals surface area contributed by atoms with E-state index < -0.39 is 0 Å². The molecule has 0 bridgehead atoms. The number of hydrogen-bond acceptors (Lipinski definition) is 3. The van der Waals surface area contributed by atoms with Crippen LogP contribution in [-0.4, -0.2) is 26.1 Å². The van der Waals surface area contributed by atoms with Crippen molar-refractivity contribution in [1.82, 2.24) is 0 Å². The van der Waals surface area contributed by atoms with E-state index in [0.717, 1.165) is 23.7 Å². The molecule has 122 valence electrons. The number of benzene rings is 2. The SMILES string of the molecule is CCN(CCC(=O)Nc1ccc(OC)cc1)c1cccc(C)c1. The zero-order valence-electron chi connectivity index (χ0n) is 14.0. The highest BCUT2D eigenvalue weighted by molar-refractivity contribution is 5.91. The number of nitrogens with zero attached hydrogens (tertiary/aromatic N) is 1. The van der Waals surface area contributed by atoms with E-state index in [-0.39, 0.29) is 5.91 Å². The molecule has 1 amide bonds. The molecule has 0 saturated heterocycles. The lowest BCUT2D eigenvalue weighted by Gasteiger charge is -2.23. The molecule has 2 rings (SSSR count). The number of ether oxygens (including phenoxy) is 1. The van der Waals surface area contributed by atoms with E-state index in [1.807, 2.05) is 30.3 Å². The van der Waals surface area contributed by atoms with Gasteiger partial charge in [-0.15, -0.1) is 0 Å². The first-order valence-electron chi connectivity index (χ1n) is 7.88. The van der Waals surface area contributed by atoms with Crippen LogP contribution in [0, 0.1) is 6.92 Å². The standard InChI is InChI=1S/C19H24N2O2/c1-4-21(17-7-5-6-15(2)14-17)13-12-19(22)20-16-8-10-18(23-3)11-9-16/h5-11,14H,4,12-13H2,1-3H3,(H,20,22). The number of methoxy groups -OCH3 is 1. The molecule has 0 saturated carbocycles. The molecule has 2 aromatic carbocycles. The fraction of sp³-hybridized carbons (Fsp3) is 0.316. The Morgan fingerprint density at radius 2 is 1.91 bits per heavy atom. The molecular weight excluding hydrogens is 288 g/mol. The number of carbonyl (C=O) groups is 1. The summed E-state index contributed by atoms with van der Waals surface area (Å²) in [6.45, 7) is 5.75. The number of anilines is 2. The predicted octanol–water partition coefficient (Wildman–Crippen LogP) is 3.86. The molecule has 0 aliphatic carbocycles. The van der Waals surface area contributed by atoms with Gasteiger partial charge >= 0.3 is 0 Å². The number of rotatable bonds is 7. The van der Waals surface area contributed by atoms with Gasteiger partial charge < -0.3 is 15.0 Å². The summed E-state index contributed by atoms with van der Waals surface area (Å²) in [4.78, 5) is 14.3. The fourth-order valence-corrected chi connectivity index (χ4v) is 2.43. The molecule has 0 radical (unpaired) electrons. The molecule has 4 nitrogen and oxygen atoms in total. The Labute approximate surface area is 138 Å². The van der Waals surface area contributed by atoms with Crippen LogP contribution < -0.4 is 15.0 Å². The van der Waals surface area contributed by atoms with E-state index in [1.165, 1.54) is 5.56 Å². The van der Waals surface area contributed by atoms with Crippen molar-refractivity contribution >= 4 is 17.3 Å². The van der Waals surface area contributed by atoms with Crippen molar-refractivity contribution < 1.29 is 9.53 Å². The maximum absolute atomic E-state index is 12.1. The maximum atomic E-state index is 12.1. The van der Waals surface area contributed by atoms with Gasteiger partial charge in [-0.2, -0.15) is 0 Å². The van der Waals surface area contributed by atoms with Gasteiger partial charge in [0.1, 0.15) is 5.75 Å². The van der Waals surface area contributed by atoms with Crippen molar-refractivity contribution in [2.45, 2.75) is 20.3 Å². The quantitative estimate of drug-likeness (QED) is 0.844. The van der Waals surface area contributed by atoms with E-state index in [9.17, 15) is 4.79 Å². The minimum Gasteiger partial charge on any atom is -0.497 e. The Hall–Kier alpha value is -2.49. The number of nitrogens with one attached hydrogen (secondary N) is 1. The molecule has 23 heavy (non-hydrogen) atoms. The zero-order chi connectivity index (χ0) is 16.7. The molecule has 0 heterocycles. The third kappa shape index (κ3) is 5.02. The highest BCUT2D eigenvalue weighted by Crippen LogP contribution is 2.17. The van der Waals surface area contributed by atoms with Gasteiger partial charge in [0.05, 0.1) is 7.11 Å². The summed E-state index contributed by atoms with van der Waals surface area (Å²) in [5, 5.41) is 2.91. The second-order valence-electron chi connectivity index (χ2n) is 5.45. The normalized spacial score (nSPS) is 10.2. The Kier molecular flexibility index (Phi) is 6.03. The zero-order valence-corrected chi connectivity index (χ0v) is 14.0. The van der Waals surface area contributed by atoms with Crippen LogP contribution in [0.15, 0.2) is 48.5 Å². The van der Waals surface area contributed by atoms with Crippen LogP contribution in [0.2, 0.25) is 0 Å². The minimum atomic E-state index is 0.0151. The smallest absolute Gasteiger partial charge is 0.226 e. The molecule has 0 aliphatic heterocycles. The van der Waals surface area contributed by atoms with Crippen LogP contribution in [0.5, 0.6) is 5.75 Å². The Morgan fingerprint density at radius 1 is 1.17 bits per heavy atom. The van der Waals surface area contributed by atoms with Crippen LogP contribution in [-0.2, 0) is 4.79 Å². The summed E-state index contributed by atoms with van der Waals surface area (Å²) in [6.07, 6.45) is 0.452. The number of amides is 1. The van der Waals surface area contributed by atoms with E-state index in [4.69, 9.17) is 4.74 Å². The molecule has 0 aliphatic rings. The number of aryl methyl sites for hydroxylation is 1. The second-order valence-corrected chi connectivity index (χ2v) is 5.45. The molecule has 2 aromatic rings. The molecule has 1 N–H and O–H groups in total. The van der Waals surface area contributed by atoms with Crippen molar-refractivity contribution in [1.29, 1.82) is 0 Å². The number of carbonyl (C=O) groups excluding carboxylic acids is 1. The molecule has 0 fully saturated rings. The van der Waals surface area contributed by atoms with E-state index in [0.29, 0.717) is 13.0 Å². The monoisotopic (exact) mass is 312 g/mol. The third-order valence-electron chi connectivity index (χ3n) is 3.73. The lowest BCUT2D eigenvalue weighted by Crippen LogP contribution is -2.27. The van der Waals surface area contributed by atoms with E-state index in [2.05, 4.69) is 42.3 Å². The Bertz CT molecular complexity index is 638. The summed E-state index contributed by atoms with van der Waals surface area (Å²) >= 11 is 0. The van der Waals surface area contributed by atoms with Crippen LogP contribution in [0.3, 0.4) is 0 Å². The van der Waals surface area contributed by atoms with Gasteiger partial charge in [0, 0.05) is 30.9 Å². The summed E-state index contributed by atoms with van der Waals surface area (Å²) < 4.78 is 5.11. The van der Waals surface area contributed by atoms with Gasteiger partial charge in [0.15, 0.2) is 0 Å². The van der Waals surface area contributed by atoms with Gasteiger partial charge in [-0.1, -0.05) is 12.1 Å². The maximum Gasteiger partial charge on any atom is 0.226 e. The van der Waals surface area contributed by atoms with Gasteiger partial charge in [-0.3, -0.25) is 4.79 Å². The molecule has 0 unspecified atom stereocenters. The predicted molar refractivity (Wildman–Crippen MR) is 95.3 cm³/mol. The summed E-state index contributed by atoms with van der Waals surface area (Å²) in [5.41, 5.74) is 3.17. The third-order valence-corrected chi connectivity index (χ3v) is 3.73. The van der Waals surface area contributed by atoms with Crippen molar-refractivity contribution in [2.75, 3.05) is 30.4 Å². The van der Waals surface area contributed by atoms with Gasteiger partial charge in [-0.25, -0.2) is 0 Å². The lowest BCUT2D eigenvalue weighted by atomic mass is 10.2. The second kappa shape index (κ2) is 8.22. The summed E-state index contributed by atoms with van der Waals surface area (Å²) in [7, 11) is 1.62. The molecular formula is C19H24N2O2.